The molecule has 1 amide bonds. The van der Waals surface area contributed by atoms with Gasteiger partial charge in [0, 0.05) is 24.3 Å². The minimum atomic E-state index is -0.285. The van der Waals surface area contributed by atoms with Crippen LogP contribution in [0, 0.1) is 12.8 Å². The third-order valence-electron chi connectivity index (χ3n) is 5.39. The molecule has 3 aromatic rings. The molecule has 4 rings (SSSR count). The maximum atomic E-state index is 12.9. The largest absolute Gasteiger partial charge is 0.393 e. The molecular weight excluding hydrogens is 340 g/mol. The molecule has 2 heterocycles. The van der Waals surface area contributed by atoms with Crippen LogP contribution in [0.1, 0.15) is 47.4 Å². The van der Waals surface area contributed by atoms with Crippen LogP contribution in [0.5, 0.6) is 0 Å². The number of fused-ring (bicyclic) bond motifs is 1. The number of aromatic nitrogens is 3. The summed E-state index contributed by atoms with van der Waals surface area (Å²) in [4.78, 5) is 17.5. The number of nitrogens with zero attached hydrogens (tertiary/aromatic N) is 3. The molecule has 0 unspecified atom stereocenters. The van der Waals surface area contributed by atoms with Gasteiger partial charge in [0.15, 0.2) is 0 Å². The molecule has 2 aromatic heterocycles. The Morgan fingerprint density at radius 1 is 1.37 bits per heavy atom. The highest BCUT2D eigenvalue weighted by Crippen LogP contribution is 2.38. The summed E-state index contributed by atoms with van der Waals surface area (Å²) < 4.78 is 1.77. The highest BCUT2D eigenvalue weighted by atomic mass is 16.3. The Hall–Kier alpha value is -2.73. The Morgan fingerprint density at radius 2 is 2.15 bits per heavy atom. The Bertz CT molecular complexity index is 975. The van der Waals surface area contributed by atoms with Crippen LogP contribution in [-0.4, -0.2) is 31.9 Å². The molecule has 6 nitrogen and oxygen atoms in total. The van der Waals surface area contributed by atoms with Gasteiger partial charge in [0.2, 0.25) is 0 Å². The molecule has 1 aromatic carbocycles. The lowest BCUT2D eigenvalue weighted by Gasteiger charge is -2.38. The molecule has 0 spiro atoms. The molecule has 0 bridgehead atoms. The first-order valence-electron chi connectivity index (χ1n) is 9.42. The highest BCUT2D eigenvalue weighted by Gasteiger charge is 2.36. The van der Waals surface area contributed by atoms with Gasteiger partial charge < -0.3 is 10.4 Å². The minimum absolute atomic E-state index is 0.133. The van der Waals surface area contributed by atoms with Crippen LogP contribution in [0.3, 0.4) is 0 Å². The Kier molecular flexibility index (Phi) is 4.66. The number of amides is 1. The summed E-state index contributed by atoms with van der Waals surface area (Å²) in [5.41, 5.74) is 3.22. The van der Waals surface area contributed by atoms with Crippen molar-refractivity contribution >= 4 is 16.8 Å². The number of hydrogen-bond acceptors (Lipinski definition) is 4. The van der Waals surface area contributed by atoms with Crippen molar-refractivity contribution in [3.63, 3.8) is 0 Å². The number of carbonyl (C=O) groups is 1. The van der Waals surface area contributed by atoms with Crippen LogP contribution in [0.4, 0.5) is 0 Å². The third kappa shape index (κ3) is 3.45. The lowest BCUT2D eigenvalue weighted by molar-refractivity contribution is 0.0235. The van der Waals surface area contributed by atoms with Gasteiger partial charge in [-0.15, -0.1) is 0 Å². The van der Waals surface area contributed by atoms with Crippen molar-refractivity contribution < 1.29 is 9.90 Å². The van der Waals surface area contributed by atoms with Crippen molar-refractivity contribution in [1.82, 2.24) is 20.1 Å². The number of benzene rings is 1. The number of hydrogen-bond donors (Lipinski definition) is 2. The van der Waals surface area contributed by atoms with Crippen molar-refractivity contribution in [3.8, 4) is 0 Å². The zero-order valence-electron chi connectivity index (χ0n) is 15.6. The first kappa shape index (κ1) is 17.7. The Balaban J connectivity index is 1.64. The smallest absolute Gasteiger partial charge is 0.255 e. The number of aliphatic hydroxyl groups excluding tert-OH is 1. The van der Waals surface area contributed by atoms with E-state index in [1.54, 1.807) is 10.9 Å². The van der Waals surface area contributed by atoms with E-state index in [1.807, 2.05) is 44.3 Å². The topological polar surface area (TPSA) is 80.0 Å². The fourth-order valence-electron chi connectivity index (χ4n) is 3.76. The molecule has 1 fully saturated rings. The third-order valence-corrected chi connectivity index (χ3v) is 5.39. The van der Waals surface area contributed by atoms with Crippen LogP contribution in [0.2, 0.25) is 0 Å². The number of nitrogens with one attached hydrogen (secondary N) is 1. The van der Waals surface area contributed by atoms with Gasteiger partial charge in [0.1, 0.15) is 0 Å². The predicted molar refractivity (Wildman–Crippen MR) is 103 cm³/mol. The average molecular weight is 364 g/mol. The Labute approximate surface area is 158 Å². The molecule has 1 saturated carbocycles. The second-order valence-corrected chi connectivity index (χ2v) is 7.28. The lowest BCUT2D eigenvalue weighted by Crippen LogP contribution is -2.41. The normalized spacial score (nSPS) is 20.3. The molecule has 140 valence electrons. The number of para-hydroxylation sites is 1. The van der Waals surface area contributed by atoms with E-state index in [4.69, 9.17) is 0 Å². The molecule has 1 aliphatic rings. The van der Waals surface area contributed by atoms with E-state index in [0.29, 0.717) is 18.4 Å². The van der Waals surface area contributed by atoms with Crippen LogP contribution < -0.4 is 5.32 Å². The molecule has 1 aliphatic carbocycles. The van der Waals surface area contributed by atoms with Gasteiger partial charge in [-0.05, 0) is 50.3 Å². The van der Waals surface area contributed by atoms with E-state index in [2.05, 4.69) is 21.5 Å². The summed E-state index contributed by atoms with van der Waals surface area (Å²) in [7, 11) is 0. The minimum Gasteiger partial charge on any atom is -0.393 e. The zero-order valence-corrected chi connectivity index (χ0v) is 15.6. The molecule has 0 radical (unpaired) electrons. The van der Waals surface area contributed by atoms with Gasteiger partial charge in [0.25, 0.3) is 5.91 Å². The number of carbonyl (C=O) groups excluding carboxylic acids is 1. The van der Waals surface area contributed by atoms with Crippen LogP contribution >= 0.6 is 0 Å². The monoisotopic (exact) mass is 364 g/mol. The molecule has 0 saturated heterocycles. The average Bonchev–Trinajstić information content (AvgIpc) is 3.04. The van der Waals surface area contributed by atoms with Gasteiger partial charge in [-0.1, -0.05) is 18.2 Å². The van der Waals surface area contributed by atoms with Crippen molar-refractivity contribution in [3.05, 3.63) is 59.5 Å². The highest BCUT2D eigenvalue weighted by molar-refractivity contribution is 5.95. The van der Waals surface area contributed by atoms with Gasteiger partial charge in [-0.2, -0.15) is 5.10 Å². The fraction of sp³-hybridized carbons (Fsp3) is 0.381. The SMILES string of the molecule is CCn1cc(C(=O)N[C@@H](c2cnc3ccccc3c2)C2CC(O)C2)c(C)n1. The van der Waals surface area contributed by atoms with Gasteiger partial charge in [-0.25, -0.2) is 0 Å². The van der Waals surface area contributed by atoms with Crippen LogP contribution in [-0.2, 0) is 6.54 Å². The van der Waals surface area contributed by atoms with E-state index >= 15 is 0 Å². The van der Waals surface area contributed by atoms with E-state index in [-0.39, 0.29) is 24.0 Å². The van der Waals surface area contributed by atoms with Gasteiger partial charge in [-0.3, -0.25) is 14.5 Å². The number of pyridine rings is 1. The second kappa shape index (κ2) is 7.12. The Morgan fingerprint density at radius 3 is 2.85 bits per heavy atom. The lowest BCUT2D eigenvalue weighted by atomic mass is 9.75. The van der Waals surface area contributed by atoms with Gasteiger partial charge >= 0.3 is 0 Å². The second-order valence-electron chi connectivity index (χ2n) is 7.28. The maximum Gasteiger partial charge on any atom is 0.255 e. The maximum absolute atomic E-state index is 12.9. The van der Waals surface area contributed by atoms with E-state index in [9.17, 15) is 9.90 Å². The first-order valence-corrected chi connectivity index (χ1v) is 9.42. The molecular formula is C21H24N4O2. The standard InChI is InChI=1S/C21H24N4O2/c1-3-25-12-18(13(2)24-25)21(27)23-20(15-9-17(26)10-15)16-8-14-6-4-5-7-19(14)22-11-16/h4-8,11-12,15,17,20,26H,3,9-10H2,1-2H3,(H,23,27)/t15?,17?,20-/m1/s1. The van der Waals surface area contributed by atoms with E-state index in [1.165, 1.54) is 0 Å². The van der Waals surface area contributed by atoms with Crippen LogP contribution in [0.15, 0.2) is 42.7 Å². The summed E-state index contributed by atoms with van der Waals surface area (Å²) in [5, 5.41) is 18.4. The molecule has 0 aliphatic heterocycles. The number of aryl methyl sites for hydroxylation is 2. The molecule has 1 atom stereocenters. The summed E-state index contributed by atoms with van der Waals surface area (Å²) in [6.07, 6.45) is 4.71. The first-order chi connectivity index (χ1) is 13.0. The van der Waals surface area contributed by atoms with Crippen molar-refractivity contribution in [2.45, 2.75) is 45.4 Å². The van der Waals surface area contributed by atoms with E-state index in [0.717, 1.165) is 28.7 Å². The van der Waals surface area contributed by atoms with Gasteiger partial charge in [0.05, 0.1) is 28.9 Å². The number of aliphatic hydroxyl groups is 1. The summed E-state index contributed by atoms with van der Waals surface area (Å²) in [6.45, 7) is 4.56. The molecule has 6 heteroatoms. The van der Waals surface area contributed by atoms with E-state index < -0.39 is 0 Å². The molecule has 27 heavy (non-hydrogen) atoms. The van der Waals surface area contributed by atoms with Crippen molar-refractivity contribution in [1.29, 1.82) is 0 Å². The molecule has 2 N–H and O–H groups in total. The summed E-state index contributed by atoms with van der Waals surface area (Å²) in [5.74, 6) is 0.0696. The van der Waals surface area contributed by atoms with Crippen molar-refractivity contribution in [2.24, 2.45) is 5.92 Å². The quantitative estimate of drug-likeness (QED) is 0.729. The fourth-order valence-corrected chi connectivity index (χ4v) is 3.76. The number of rotatable bonds is 5. The summed E-state index contributed by atoms with van der Waals surface area (Å²) in [6, 6.07) is 9.85. The van der Waals surface area contributed by atoms with Crippen molar-refractivity contribution in [2.75, 3.05) is 0 Å². The predicted octanol–water partition coefficient (Wildman–Crippen LogP) is 3.00. The van der Waals surface area contributed by atoms with Crippen LogP contribution in [0.25, 0.3) is 10.9 Å². The summed E-state index contributed by atoms with van der Waals surface area (Å²) >= 11 is 0. The zero-order chi connectivity index (χ0) is 19.0.